The molecule has 0 aliphatic carbocycles. The highest BCUT2D eigenvalue weighted by Crippen LogP contribution is 2.35. The van der Waals surface area contributed by atoms with Crippen molar-refractivity contribution in [3.63, 3.8) is 0 Å². The Morgan fingerprint density at radius 1 is 1.21 bits per heavy atom. The first-order valence-electron chi connectivity index (χ1n) is 10.2. The lowest BCUT2D eigenvalue weighted by atomic mass is 9.91. The van der Waals surface area contributed by atoms with E-state index in [1.54, 1.807) is 7.11 Å². The molecule has 7 heteroatoms. The SMILES string of the molecule is COc1cc2c(cc1C(C)NC1CCCNC1c1ccccc1)NS(=O)(=O)CC2. The van der Waals surface area contributed by atoms with Crippen LogP contribution in [0, 0.1) is 0 Å². The van der Waals surface area contributed by atoms with Crippen LogP contribution in [0.15, 0.2) is 42.5 Å². The number of rotatable bonds is 5. The lowest BCUT2D eigenvalue weighted by Crippen LogP contribution is -2.46. The molecule has 0 radical (unpaired) electrons. The van der Waals surface area contributed by atoms with Gasteiger partial charge in [0.2, 0.25) is 10.0 Å². The second kappa shape index (κ2) is 8.34. The van der Waals surface area contributed by atoms with Crippen molar-refractivity contribution >= 4 is 15.7 Å². The van der Waals surface area contributed by atoms with Crippen molar-refractivity contribution < 1.29 is 13.2 Å². The molecule has 29 heavy (non-hydrogen) atoms. The van der Waals surface area contributed by atoms with E-state index in [-0.39, 0.29) is 23.9 Å². The molecule has 2 aliphatic rings. The zero-order valence-corrected chi connectivity index (χ0v) is 17.8. The Kier molecular flexibility index (Phi) is 5.81. The minimum absolute atomic E-state index is 0.0118. The fraction of sp³-hybridized carbons (Fsp3) is 0.455. The summed E-state index contributed by atoms with van der Waals surface area (Å²) < 4.78 is 32.3. The summed E-state index contributed by atoms with van der Waals surface area (Å²) in [4.78, 5) is 0. The first kappa shape index (κ1) is 20.2. The molecule has 0 aromatic heterocycles. The van der Waals surface area contributed by atoms with Gasteiger partial charge in [-0.3, -0.25) is 4.72 Å². The Balaban J connectivity index is 1.59. The minimum atomic E-state index is -3.25. The van der Waals surface area contributed by atoms with Crippen molar-refractivity contribution in [3.05, 3.63) is 59.2 Å². The van der Waals surface area contributed by atoms with E-state index in [9.17, 15) is 8.42 Å². The average molecular weight is 416 g/mol. The number of methoxy groups -OCH3 is 1. The Morgan fingerprint density at radius 3 is 2.76 bits per heavy atom. The number of sulfonamides is 1. The van der Waals surface area contributed by atoms with Crippen LogP contribution in [0.1, 0.15) is 48.5 Å². The Labute approximate surface area is 173 Å². The molecular weight excluding hydrogens is 386 g/mol. The molecule has 3 unspecified atom stereocenters. The number of ether oxygens (including phenoxy) is 1. The minimum Gasteiger partial charge on any atom is -0.496 e. The predicted octanol–water partition coefficient (Wildman–Crippen LogP) is 3.14. The van der Waals surface area contributed by atoms with Crippen LogP contribution < -0.4 is 20.1 Å². The molecule has 6 nitrogen and oxygen atoms in total. The molecule has 156 valence electrons. The summed E-state index contributed by atoms with van der Waals surface area (Å²) in [6.45, 7) is 3.12. The number of hydrogen-bond acceptors (Lipinski definition) is 5. The zero-order chi connectivity index (χ0) is 20.4. The number of anilines is 1. The second-order valence-electron chi connectivity index (χ2n) is 7.90. The van der Waals surface area contributed by atoms with E-state index in [2.05, 4.69) is 46.5 Å². The molecule has 3 atom stereocenters. The van der Waals surface area contributed by atoms with Gasteiger partial charge in [-0.05, 0) is 56.0 Å². The molecule has 2 aliphatic heterocycles. The van der Waals surface area contributed by atoms with Gasteiger partial charge in [-0.2, -0.15) is 0 Å². The van der Waals surface area contributed by atoms with Gasteiger partial charge in [0, 0.05) is 23.7 Å². The molecule has 0 saturated carbocycles. The van der Waals surface area contributed by atoms with Crippen LogP contribution in [0.4, 0.5) is 5.69 Å². The summed E-state index contributed by atoms with van der Waals surface area (Å²) >= 11 is 0. The number of nitrogens with one attached hydrogen (secondary N) is 3. The van der Waals surface area contributed by atoms with Crippen LogP contribution in [-0.4, -0.2) is 33.9 Å². The lowest BCUT2D eigenvalue weighted by molar-refractivity contribution is 0.284. The zero-order valence-electron chi connectivity index (χ0n) is 16.9. The quantitative estimate of drug-likeness (QED) is 0.699. The van der Waals surface area contributed by atoms with Gasteiger partial charge in [0.25, 0.3) is 0 Å². The highest BCUT2D eigenvalue weighted by atomic mass is 32.2. The van der Waals surface area contributed by atoms with Gasteiger partial charge in [0.05, 0.1) is 18.6 Å². The van der Waals surface area contributed by atoms with E-state index in [0.29, 0.717) is 12.1 Å². The fourth-order valence-corrected chi connectivity index (χ4v) is 5.52. The molecule has 4 rings (SSSR count). The first-order valence-corrected chi connectivity index (χ1v) is 11.9. The van der Waals surface area contributed by atoms with Crippen molar-refractivity contribution in [2.45, 2.75) is 44.3 Å². The third kappa shape index (κ3) is 4.42. The van der Waals surface area contributed by atoms with Crippen molar-refractivity contribution in [2.75, 3.05) is 24.1 Å². The predicted molar refractivity (Wildman–Crippen MR) is 116 cm³/mol. The van der Waals surface area contributed by atoms with Gasteiger partial charge in [-0.25, -0.2) is 8.42 Å². The maximum Gasteiger partial charge on any atom is 0.233 e. The van der Waals surface area contributed by atoms with Crippen LogP contribution in [-0.2, 0) is 16.4 Å². The van der Waals surface area contributed by atoms with Gasteiger partial charge in [0.1, 0.15) is 5.75 Å². The molecule has 3 N–H and O–H groups in total. The molecule has 2 aromatic rings. The van der Waals surface area contributed by atoms with E-state index in [1.165, 1.54) is 5.56 Å². The number of aryl methyl sites for hydroxylation is 1. The van der Waals surface area contributed by atoms with Gasteiger partial charge < -0.3 is 15.4 Å². The molecule has 1 fully saturated rings. The summed E-state index contributed by atoms with van der Waals surface area (Å²) in [5.74, 6) is 0.910. The molecule has 2 heterocycles. The molecule has 2 aromatic carbocycles. The summed E-state index contributed by atoms with van der Waals surface area (Å²) in [5.41, 5.74) is 3.89. The highest BCUT2D eigenvalue weighted by Gasteiger charge is 2.29. The molecule has 0 amide bonds. The summed E-state index contributed by atoms with van der Waals surface area (Å²) in [5, 5.41) is 7.41. The van der Waals surface area contributed by atoms with Gasteiger partial charge >= 0.3 is 0 Å². The smallest absolute Gasteiger partial charge is 0.233 e. The third-order valence-corrected chi connectivity index (χ3v) is 7.18. The summed E-state index contributed by atoms with van der Waals surface area (Å²) in [6, 6.07) is 14.9. The van der Waals surface area contributed by atoms with E-state index in [1.807, 2.05) is 18.2 Å². The van der Waals surface area contributed by atoms with Crippen molar-refractivity contribution in [2.24, 2.45) is 0 Å². The van der Waals surface area contributed by atoms with Gasteiger partial charge in [-0.15, -0.1) is 0 Å². The lowest BCUT2D eigenvalue weighted by Gasteiger charge is -2.36. The van der Waals surface area contributed by atoms with Gasteiger partial charge in [0.15, 0.2) is 0 Å². The average Bonchev–Trinajstić information content (AvgIpc) is 2.73. The monoisotopic (exact) mass is 415 g/mol. The third-order valence-electron chi connectivity index (χ3n) is 5.91. The Bertz CT molecular complexity index is 963. The summed E-state index contributed by atoms with van der Waals surface area (Å²) in [6.07, 6.45) is 2.71. The highest BCUT2D eigenvalue weighted by molar-refractivity contribution is 7.92. The topological polar surface area (TPSA) is 79.5 Å². The van der Waals surface area contributed by atoms with Crippen molar-refractivity contribution in [1.29, 1.82) is 0 Å². The van der Waals surface area contributed by atoms with Crippen molar-refractivity contribution in [3.8, 4) is 5.75 Å². The summed E-state index contributed by atoms with van der Waals surface area (Å²) in [7, 11) is -1.58. The van der Waals surface area contributed by atoms with E-state index >= 15 is 0 Å². The van der Waals surface area contributed by atoms with Crippen LogP contribution in [0.2, 0.25) is 0 Å². The normalized spacial score (nSPS) is 24.2. The van der Waals surface area contributed by atoms with Gasteiger partial charge in [-0.1, -0.05) is 30.3 Å². The molecule has 1 saturated heterocycles. The number of piperidine rings is 1. The molecule has 0 spiro atoms. The van der Waals surface area contributed by atoms with Crippen LogP contribution in [0.3, 0.4) is 0 Å². The van der Waals surface area contributed by atoms with Crippen molar-refractivity contribution in [1.82, 2.24) is 10.6 Å². The van der Waals surface area contributed by atoms with Crippen LogP contribution >= 0.6 is 0 Å². The Morgan fingerprint density at radius 2 is 2.00 bits per heavy atom. The maximum absolute atomic E-state index is 12.0. The van der Waals surface area contributed by atoms with Crippen LogP contribution in [0.5, 0.6) is 5.75 Å². The first-order chi connectivity index (χ1) is 14.0. The standard InChI is InChI=1S/C22H29N3O3S/c1-15(24-19-9-6-11-23-22(19)16-7-4-3-5-8-16)18-14-20-17(13-21(18)28-2)10-12-29(26,27)25-20/h3-5,7-8,13-15,19,22-25H,6,9-12H2,1-2H3. The van der Waals surface area contributed by atoms with E-state index in [0.717, 1.165) is 36.3 Å². The Hall–Kier alpha value is -2.09. The number of benzene rings is 2. The maximum atomic E-state index is 12.0. The molecule has 0 bridgehead atoms. The second-order valence-corrected chi connectivity index (χ2v) is 9.74. The van der Waals surface area contributed by atoms with Crippen LogP contribution in [0.25, 0.3) is 0 Å². The number of fused-ring (bicyclic) bond motifs is 1. The van der Waals surface area contributed by atoms with E-state index < -0.39 is 10.0 Å². The fourth-order valence-electron chi connectivity index (χ4n) is 4.41. The largest absolute Gasteiger partial charge is 0.496 e. The van der Waals surface area contributed by atoms with E-state index in [4.69, 9.17) is 4.74 Å². The number of hydrogen-bond donors (Lipinski definition) is 3. The molecular formula is C22H29N3O3S.